The second-order valence-electron chi connectivity index (χ2n) is 9.50. The van der Waals surface area contributed by atoms with Gasteiger partial charge in [-0.25, -0.2) is 4.39 Å². The Morgan fingerprint density at radius 3 is 2.39 bits per heavy atom. The summed E-state index contributed by atoms with van der Waals surface area (Å²) in [6, 6.07) is 4.49. The van der Waals surface area contributed by atoms with E-state index in [4.69, 9.17) is 15.2 Å². The smallest absolute Gasteiger partial charge is 0.417 e. The number of pyridine rings is 1. The highest BCUT2D eigenvalue weighted by molar-refractivity contribution is 5.99. The van der Waals surface area contributed by atoms with Gasteiger partial charge in [-0.05, 0) is 39.2 Å². The third kappa shape index (κ3) is 5.30. The van der Waals surface area contributed by atoms with Crippen LogP contribution in [0.1, 0.15) is 35.8 Å². The van der Waals surface area contributed by atoms with E-state index in [1.165, 1.54) is 25.3 Å². The Balaban J connectivity index is 2.19. The van der Waals surface area contributed by atoms with E-state index in [2.05, 4.69) is 4.98 Å². The first-order valence-corrected chi connectivity index (χ1v) is 11.6. The molecule has 3 rings (SSSR count). The Bertz CT molecular complexity index is 1210. The third-order valence-electron chi connectivity index (χ3n) is 6.90. The van der Waals surface area contributed by atoms with Crippen molar-refractivity contribution in [3.8, 4) is 5.75 Å². The predicted molar refractivity (Wildman–Crippen MR) is 128 cm³/mol. The zero-order valence-corrected chi connectivity index (χ0v) is 21.5. The van der Waals surface area contributed by atoms with E-state index in [0.717, 1.165) is 31.1 Å². The summed E-state index contributed by atoms with van der Waals surface area (Å²) in [5, 5.41) is 0. The molecule has 38 heavy (non-hydrogen) atoms. The van der Waals surface area contributed by atoms with Crippen molar-refractivity contribution in [2.75, 3.05) is 39.2 Å². The second-order valence-corrected chi connectivity index (χ2v) is 9.50. The van der Waals surface area contributed by atoms with E-state index < -0.39 is 58.9 Å². The molecule has 2 amide bonds. The highest BCUT2D eigenvalue weighted by Gasteiger charge is 2.66. The molecule has 8 nitrogen and oxygen atoms in total. The van der Waals surface area contributed by atoms with Gasteiger partial charge in [-0.15, -0.1) is 0 Å². The summed E-state index contributed by atoms with van der Waals surface area (Å²) in [5.41, 5.74) is 2.35. The van der Waals surface area contributed by atoms with Gasteiger partial charge in [0.1, 0.15) is 11.8 Å². The van der Waals surface area contributed by atoms with Crippen molar-refractivity contribution >= 4 is 17.5 Å². The van der Waals surface area contributed by atoms with Crippen LogP contribution < -0.4 is 15.4 Å². The van der Waals surface area contributed by atoms with E-state index in [1.807, 2.05) is 0 Å². The molecule has 2 aromatic rings. The highest BCUT2D eigenvalue weighted by atomic mass is 19.4. The minimum atomic E-state index is -4.91. The van der Waals surface area contributed by atoms with Crippen LogP contribution >= 0.6 is 0 Å². The standard InChI is InChI=1S/C25H29F5N4O4/c1-13-18(15-6-7-16(26)19(27)20(15)37-5)21(38-24(13,2)25(28,29)30)23(36)34(11-10-33(3)4)14-8-9-32-17(12-14)22(31)35/h6-9,12-13,18,21H,10-11H2,1-5H3,(H2,31,35)/t13-,18-,21+,24+/m0/s1. The van der Waals surface area contributed by atoms with Gasteiger partial charge in [0.15, 0.2) is 17.2 Å². The number of nitrogens with zero attached hydrogens (tertiary/aromatic N) is 3. The number of primary amides is 1. The van der Waals surface area contributed by atoms with Crippen LogP contribution in [0, 0.1) is 17.6 Å². The quantitative estimate of drug-likeness (QED) is 0.511. The zero-order valence-electron chi connectivity index (χ0n) is 21.5. The largest absolute Gasteiger partial charge is 0.493 e. The monoisotopic (exact) mass is 544 g/mol. The van der Waals surface area contributed by atoms with Gasteiger partial charge in [0, 0.05) is 42.4 Å². The molecule has 1 aliphatic heterocycles. The maximum Gasteiger partial charge on any atom is 0.417 e. The lowest BCUT2D eigenvalue weighted by atomic mass is 9.76. The van der Waals surface area contributed by atoms with Crippen LogP contribution in [0.25, 0.3) is 0 Å². The van der Waals surface area contributed by atoms with E-state index in [1.54, 1.807) is 19.0 Å². The SMILES string of the molecule is COc1c([C@H]2[C@H](C(=O)N(CCN(C)C)c3ccnc(C(N)=O)c3)O[C@@](C)(C(F)(F)F)[C@H]2C)ccc(F)c1F. The lowest BCUT2D eigenvalue weighted by molar-refractivity contribution is -0.272. The topological polar surface area (TPSA) is 98.0 Å². The first-order valence-electron chi connectivity index (χ1n) is 11.6. The number of hydrogen-bond acceptors (Lipinski definition) is 6. The van der Waals surface area contributed by atoms with Gasteiger partial charge in [0.25, 0.3) is 11.8 Å². The van der Waals surface area contributed by atoms with E-state index in [0.29, 0.717) is 0 Å². The number of alkyl halides is 3. The number of aromatic nitrogens is 1. The summed E-state index contributed by atoms with van der Waals surface area (Å²) in [6.45, 7) is 2.32. The minimum absolute atomic E-state index is 0.00729. The van der Waals surface area contributed by atoms with Crippen molar-refractivity contribution < 1.29 is 41.0 Å². The van der Waals surface area contributed by atoms with Crippen LogP contribution in [0.5, 0.6) is 5.75 Å². The van der Waals surface area contributed by atoms with E-state index in [9.17, 15) is 31.5 Å². The predicted octanol–water partition coefficient (Wildman–Crippen LogP) is 3.50. The number of rotatable bonds is 8. The van der Waals surface area contributed by atoms with Crippen LogP contribution in [0.15, 0.2) is 30.5 Å². The van der Waals surface area contributed by atoms with Gasteiger partial charge in [-0.2, -0.15) is 17.6 Å². The van der Waals surface area contributed by atoms with Crippen molar-refractivity contribution in [2.45, 2.75) is 37.6 Å². The minimum Gasteiger partial charge on any atom is -0.493 e. The van der Waals surface area contributed by atoms with Gasteiger partial charge in [0.2, 0.25) is 5.82 Å². The maximum atomic E-state index is 14.6. The molecule has 0 unspecified atom stereocenters. The lowest BCUT2D eigenvalue weighted by Gasteiger charge is -2.32. The maximum absolute atomic E-state index is 14.6. The number of nitrogens with two attached hydrogens (primary N) is 1. The van der Waals surface area contributed by atoms with Crippen LogP contribution in [-0.2, 0) is 9.53 Å². The summed E-state index contributed by atoms with van der Waals surface area (Å²) < 4.78 is 82.0. The molecule has 0 bridgehead atoms. The first kappa shape index (κ1) is 29.2. The molecule has 1 aliphatic rings. The molecule has 0 aliphatic carbocycles. The molecule has 0 radical (unpaired) electrons. The number of anilines is 1. The van der Waals surface area contributed by atoms with E-state index in [-0.39, 0.29) is 30.0 Å². The molecule has 1 saturated heterocycles. The van der Waals surface area contributed by atoms with Crippen molar-refractivity contribution in [1.82, 2.24) is 9.88 Å². The van der Waals surface area contributed by atoms with Crippen LogP contribution in [0.3, 0.4) is 0 Å². The first-order chi connectivity index (χ1) is 17.6. The number of amides is 2. The number of carbonyl (C=O) groups excluding carboxylic acids is 2. The Hall–Kier alpha value is -3.32. The fourth-order valence-corrected chi connectivity index (χ4v) is 4.57. The number of likely N-dealkylation sites (N-methyl/N-ethyl adjacent to an activating group) is 1. The summed E-state index contributed by atoms with van der Waals surface area (Å²) >= 11 is 0. The molecule has 1 aromatic heterocycles. The molecule has 1 fully saturated rings. The van der Waals surface area contributed by atoms with Crippen LogP contribution in [0.4, 0.5) is 27.6 Å². The third-order valence-corrected chi connectivity index (χ3v) is 6.90. The number of carbonyl (C=O) groups is 2. The van der Waals surface area contributed by atoms with Crippen molar-refractivity contribution in [2.24, 2.45) is 11.7 Å². The number of benzene rings is 1. The molecule has 2 heterocycles. The fourth-order valence-electron chi connectivity index (χ4n) is 4.57. The lowest BCUT2D eigenvalue weighted by Crippen LogP contribution is -2.48. The number of methoxy groups -OCH3 is 1. The van der Waals surface area contributed by atoms with Crippen molar-refractivity contribution in [3.63, 3.8) is 0 Å². The van der Waals surface area contributed by atoms with Gasteiger partial charge in [-0.3, -0.25) is 14.6 Å². The molecule has 0 saturated carbocycles. The van der Waals surface area contributed by atoms with Gasteiger partial charge in [-0.1, -0.05) is 13.0 Å². The van der Waals surface area contributed by atoms with Crippen LogP contribution in [0.2, 0.25) is 0 Å². The van der Waals surface area contributed by atoms with Gasteiger partial charge in [0.05, 0.1) is 7.11 Å². The van der Waals surface area contributed by atoms with Gasteiger partial charge < -0.3 is 25.0 Å². The molecule has 2 N–H and O–H groups in total. The number of halogens is 5. The normalized spacial score (nSPS) is 23.5. The van der Waals surface area contributed by atoms with Gasteiger partial charge >= 0.3 is 6.18 Å². The highest BCUT2D eigenvalue weighted by Crippen LogP contribution is 2.55. The summed E-state index contributed by atoms with van der Waals surface area (Å²) in [6.07, 6.45) is -5.45. The molecule has 1 aromatic carbocycles. The summed E-state index contributed by atoms with van der Waals surface area (Å²) in [5.74, 6) is -7.81. The molecule has 208 valence electrons. The summed E-state index contributed by atoms with van der Waals surface area (Å²) in [4.78, 5) is 32.4. The molecule has 4 atom stereocenters. The molecule has 0 spiro atoms. The van der Waals surface area contributed by atoms with Crippen LogP contribution in [-0.4, -0.2) is 73.9 Å². The molecule has 13 heteroatoms. The zero-order chi connectivity index (χ0) is 28.6. The molecular formula is C25H29F5N4O4. The van der Waals surface area contributed by atoms with E-state index >= 15 is 0 Å². The average Bonchev–Trinajstić information content (AvgIpc) is 3.12. The molecular weight excluding hydrogens is 515 g/mol. The van der Waals surface area contributed by atoms with Crippen molar-refractivity contribution in [1.29, 1.82) is 0 Å². The average molecular weight is 545 g/mol. The second kappa shape index (κ2) is 10.8. The Morgan fingerprint density at radius 1 is 1.18 bits per heavy atom. The Labute approximate surface area is 216 Å². The number of ether oxygens (including phenoxy) is 2. The number of hydrogen-bond donors (Lipinski definition) is 1. The van der Waals surface area contributed by atoms with Crippen molar-refractivity contribution in [3.05, 3.63) is 53.4 Å². The Kier molecular flexibility index (Phi) is 8.32. The Morgan fingerprint density at radius 2 is 1.84 bits per heavy atom. The summed E-state index contributed by atoms with van der Waals surface area (Å²) in [7, 11) is 4.51. The fraction of sp³-hybridized carbons (Fsp3) is 0.480.